The molecular weight excluding hydrogens is 728 g/mol. The van der Waals surface area contributed by atoms with E-state index >= 15 is 0 Å². The Morgan fingerprint density at radius 2 is 1.81 bits per heavy atom. The van der Waals surface area contributed by atoms with Gasteiger partial charge in [-0.05, 0) is 77.9 Å². The minimum atomic E-state index is -5.02. The molecule has 228 valence electrons. The van der Waals surface area contributed by atoms with Gasteiger partial charge in [0, 0.05) is 5.02 Å². The number of carbonyl (C=O) groups is 2. The van der Waals surface area contributed by atoms with Crippen LogP contribution in [0.5, 0.6) is 11.5 Å². The van der Waals surface area contributed by atoms with E-state index in [0.717, 1.165) is 15.9 Å². The van der Waals surface area contributed by atoms with Crippen LogP contribution in [-0.4, -0.2) is 49.6 Å². The molecule has 1 atom stereocenters. The molecule has 2 heterocycles. The lowest BCUT2D eigenvalue weighted by Crippen LogP contribution is -2.41. The van der Waals surface area contributed by atoms with Crippen LogP contribution < -0.4 is 24.4 Å². The van der Waals surface area contributed by atoms with Crippen molar-refractivity contribution in [2.24, 2.45) is 4.99 Å². The Kier molecular flexibility index (Phi) is 10.2. The van der Waals surface area contributed by atoms with Gasteiger partial charge in [0.05, 0.1) is 40.0 Å². The number of aromatic nitrogens is 1. The molecule has 0 fully saturated rings. The topological polar surface area (TPSA) is 105 Å². The Morgan fingerprint density at radius 1 is 1.14 bits per heavy atom. The molecular formula is C28H23ClF3IN2O7S. The van der Waals surface area contributed by atoms with Crippen molar-refractivity contribution in [1.82, 2.24) is 4.57 Å². The molecule has 0 radical (unpaired) electrons. The second kappa shape index (κ2) is 13.5. The van der Waals surface area contributed by atoms with E-state index < -0.39 is 41.0 Å². The standard InChI is InChI=1S/C28H23ClF3IN2O7S/c1-4-40-20(36)13-42-23-17(33)10-14(11-18(23)39-3)12-19-25(37)35-22(15-6-8-16(29)9-7-15)21(26(38)41-5-2)24(28(30,31)32)34-27(35)43-19/h6-12,22H,4-5,13H2,1-3H3/b19-12-/t22-/m0/s1. The number of nitrogens with zero attached hydrogens (tertiary/aromatic N) is 2. The number of benzene rings is 2. The first-order valence-corrected chi connectivity index (χ1v) is 14.9. The van der Waals surface area contributed by atoms with Crippen molar-refractivity contribution in [2.45, 2.75) is 26.1 Å². The maximum Gasteiger partial charge on any atom is 0.434 e. The molecule has 0 unspecified atom stereocenters. The first-order valence-electron chi connectivity index (χ1n) is 12.6. The summed E-state index contributed by atoms with van der Waals surface area (Å²) in [5.74, 6) is -1.30. The SMILES string of the molecule is CCOC(=O)COc1c(I)cc(/C=c2\sc3n(c2=O)[C@@H](c2ccc(Cl)cc2)C(C(=O)OCC)=C(C(F)(F)F)N=3)cc1OC. The van der Waals surface area contributed by atoms with Crippen molar-refractivity contribution < 1.29 is 41.7 Å². The van der Waals surface area contributed by atoms with E-state index in [-0.39, 0.29) is 46.2 Å². The minimum absolute atomic E-state index is 0.0439. The minimum Gasteiger partial charge on any atom is -0.493 e. The number of allylic oxidation sites excluding steroid dienone is 1. The quantitative estimate of drug-likeness (QED) is 0.234. The highest BCUT2D eigenvalue weighted by Gasteiger charge is 2.45. The lowest BCUT2D eigenvalue weighted by molar-refractivity contribution is -0.145. The number of alkyl halides is 3. The molecule has 0 N–H and O–H groups in total. The van der Waals surface area contributed by atoms with Gasteiger partial charge in [-0.15, -0.1) is 0 Å². The summed E-state index contributed by atoms with van der Waals surface area (Å²) in [5.41, 5.74) is -2.27. The van der Waals surface area contributed by atoms with E-state index in [2.05, 4.69) is 4.99 Å². The zero-order chi connectivity index (χ0) is 31.5. The van der Waals surface area contributed by atoms with Crippen molar-refractivity contribution in [3.63, 3.8) is 0 Å². The Labute approximate surface area is 265 Å². The molecule has 9 nitrogen and oxygen atoms in total. The van der Waals surface area contributed by atoms with Crippen molar-refractivity contribution in [3.05, 3.63) is 87.1 Å². The predicted molar refractivity (Wildman–Crippen MR) is 160 cm³/mol. The number of hydrogen-bond donors (Lipinski definition) is 0. The molecule has 0 bridgehead atoms. The fourth-order valence-corrected chi connectivity index (χ4v) is 6.16. The summed E-state index contributed by atoms with van der Waals surface area (Å²) in [5, 5.41) is 0.312. The van der Waals surface area contributed by atoms with Crippen molar-refractivity contribution >= 4 is 63.5 Å². The van der Waals surface area contributed by atoms with Gasteiger partial charge in [0.2, 0.25) is 0 Å². The fraction of sp³-hybridized carbons (Fsp3) is 0.286. The number of fused-ring (bicyclic) bond motifs is 1. The van der Waals surface area contributed by atoms with Crippen LogP contribution in [-0.2, 0) is 19.1 Å². The Balaban J connectivity index is 1.90. The van der Waals surface area contributed by atoms with Crippen molar-refractivity contribution in [2.75, 3.05) is 26.9 Å². The molecule has 0 saturated heterocycles. The number of rotatable bonds is 9. The third-order valence-corrected chi connectivity index (χ3v) is 8.01. The van der Waals surface area contributed by atoms with Crippen LogP contribution in [0.4, 0.5) is 13.2 Å². The van der Waals surface area contributed by atoms with Gasteiger partial charge in [0.15, 0.2) is 28.6 Å². The Morgan fingerprint density at radius 3 is 2.42 bits per heavy atom. The molecule has 1 aliphatic heterocycles. The van der Waals surface area contributed by atoms with E-state index in [9.17, 15) is 27.6 Å². The maximum atomic E-state index is 14.3. The maximum absolute atomic E-state index is 14.3. The van der Waals surface area contributed by atoms with Gasteiger partial charge in [-0.1, -0.05) is 35.1 Å². The van der Waals surface area contributed by atoms with Gasteiger partial charge < -0.3 is 18.9 Å². The van der Waals surface area contributed by atoms with Crippen LogP contribution in [0.25, 0.3) is 6.08 Å². The first-order chi connectivity index (χ1) is 20.4. The third kappa shape index (κ3) is 7.07. The second-order valence-corrected chi connectivity index (χ2v) is 11.4. The summed E-state index contributed by atoms with van der Waals surface area (Å²) in [4.78, 5) is 42.0. The van der Waals surface area contributed by atoms with Crippen LogP contribution >= 0.6 is 45.5 Å². The highest BCUT2D eigenvalue weighted by molar-refractivity contribution is 14.1. The summed E-state index contributed by atoms with van der Waals surface area (Å²) < 4.78 is 65.3. The average molecular weight is 751 g/mol. The second-order valence-electron chi connectivity index (χ2n) is 8.74. The summed E-state index contributed by atoms with van der Waals surface area (Å²) in [6, 6.07) is 7.47. The molecule has 0 spiro atoms. The van der Waals surface area contributed by atoms with Crippen molar-refractivity contribution in [3.8, 4) is 11.5 Å². The molecule has 2 aromatic carbocycles. The number of hydrogen-bond acceptors (Lipinski definition) is 9. The Bertz CT molecular complexity index is 1770. The number of carbonyl (C=O) groups excluding carboxylic acids is 2. The third-order valence-electron chi connectivity index (χ3n) is 5.97. The lowest BCUT2D eigenvalue weighted by atomic mass is 9.95. The number of methoxy groups -OCH3 is 1. The number of halogens is 5. The molecule has 15 heteroatoms. The van der Waals surface area contributed by atoms with E-state index in [0.29, 0.717) is 14.2 Å². The highest BCUT2D eigenvalue weighted by Crippen LogP contribution is 2.39. The van der Waals surface area contributed by atoms with E-state index in [1.165, 1.54) is 44.4 Å². The van der Waals surface area contributed by atoms with Gasteiger partial charge >= 0.3 is 18.1 Å². The van der Waals surface area contributed by atoms with Gasteiger partial charge in [-0.3, -0.25) is 9.36 Å². The molecule has 1 aromatic heterocycles. The van der Waals surface area contributed by atoms with Crippen LogP contribution in [0.3, 0.4) is 0 Å². The van der Waals surface area contributed by atoms with Gasteiger partial charge in [-0.2, -0.15) is 13.2 Å². The normalized spacial score (nSPS) is 15.1. The zero-order valence-corrected chi connectivity index (χ0v) is 26.5. The number of thiazole rings is 1. The van der Waals surface area contributed by atoms with Gasteiger partial charge in [0.25, 0.3) is 5.56 Å². The summed E-state index contributed by atoms with van der Waals surface area (Å²) in [6.45, 7) is 2.77. The smallest absolute Gasteiger partial charge is 0.434 e. The zero-order valence-electron chi connectivity index (χ0n) is 22.8. The molecule has 1 aliphatic rings. The number of ether oxygens (including phenoxy) is 4. The van der Waals surface area contributed by atoms with Crippen molar-refractivity contribution in [1.29, 1.82) is 0 Å². The van der Waals surface area contributed by atoms with E-state index in [4.69, 9.17) is 30.5 Å². The fourth-order valence-electron chi connectivity index (χ4n) is 4.25. The highest BCUT2D eigenvalue weighted by atomic mass is 127. The van der Waals surface area contributed by atoms with Crippen LogP contribution in [0, 0.1) is 3.57 Å². The molecule has 3 aromatic rings. The summed E-state index contributed by atoms with van der Waals surface area (Å²) >= 11 is 8.70. The van der Waals surface area contributed by atoms with Gasteiger partial charge in [-0.25, -0.2) is 14.6 Å². The molecule has 43 heavy (non-hydrogen) atoms. The largest absolute Gasteiger partial charge is 0.493 e. The monoisotopic (exact) mass is 750 g/mol. The molecule has 4 rings (SSSR count). The average Bonchev–Trinajstić information content (AvgIpc) is 3.26. The van der Waals surface area contributed by atoms with Gasteiger partial charge in [0.1, 0.15) is 0 Å². The van der Waals surface area contributed by atoms with Crippen LogP contribution in [0.2, 0.25) is 5.02 Å². The first kappa shape index (κ1) is 32.5. The lowest BCUT2D eigenvalue weighted by Gasteiger charge is -2.26. The van der Waals surface area contributed by atoms with E-state index in [1.54, 1.807) is 19.1 Å². The predicted octanol–water partition coefficient (Wildman–Crippen LogP) is 4.55. The number of esters is 2. The summed E-state index contributed by atoms with van der Waals surface area (Å²) in [6.07, 6.45) is -3.56. The summed E-state index contributed by atoms with van der Waals surface area (Å²) in [7, 11) is 1.39. The Hall–Kier alpha value is -3.37. The molecule has 0 saturated carbocycles. The molecule has 0 aliphatic carbocycles. The molecule has 0 amide bonds. The van der Waals surface area contributed by atoms with Crippen LogP contribution in [0.1, 0.15) is 31.0 Å². The van der Waals surface area contributed by atoms with Crippen LogP contribution in [0.15, 0.2) is 57.5 Å². The van der Waals surface area contributed by atoms with E-state index in [1.807, 2.05) is 22.6 Å².